The van der Waals surface area contributed by atoms with Crippen LogP contribution in [-0.4, -0.2) is 76.9 Å². The minimum Gasteiger partial charge on any atom is -0.480 e. The first-order valence-corrected chi connectivity index (χ1v) is 6.30. The summed E-state index contributed by atoms with van der Waals surface area (Å²) in [7, 11) is 0. The molecule has 11 heteroatoms. The molecule has 0 saturated carbocycles. The number of rotatable bonds is 9. The van der Waals surface area contributed by atoms with Gasteiger partial charge in [0.15, 0.2) is 0 Å². The number of aliphatic carboxylic acids is 1. The number of nitrogens with one attached hydrogen (secondary N) is 3. The maximum Gasteiger partial charge on any atom is 0.322 e. The Bertz CT molecular complexity index is 427. The second kappa shape index (κ2) is 9.65. The molecule has 0 aliphatic heterocycles. The first-order valence-electron chi connectivity index (χ1n) is 6.30. The molecule has 0 aliphatic rings. The second-order valence-electron chi connectivity index (χ2n) is 4.40. The molecular weight excluding hydrogens is 300 g/mol. The minimum atomic E-state index is -1.38. The molecule has 0 aromatic rings. The van der Waals surface area contributed by atoms with Crippen LogP contribution in [0, 0.1) is 0 Å². The van der Waals surface area contributed by atoms with Crippen LogP contribution in [0.3, 0.4) is 0 Å². The highest BCUT2D eigenvalue weighted by molar-refractivity contribution is 5.92. The maximum absolute atomic E-state index is 11.6. The van der Waals surface area contributed by atoms with Crippen LogP contribution in [0.4, 0.5) is 0 Å². The van der Waals surface area contributed by atoms with E-state index in [9.17, 15) is 24.3 Å². The summed E-state index contributed by atoms with van der Waals surface area (Å²) in [5, 5.41) is 32.8. The second-order valence-corrected chi connectivity index (χ2v) is 4.40. The van der Waals surface area contributed by atoms with Crippen molar-refractivity contribution in [1.82, 2.24) is 16.0 Å². The number of nitrogens with two attached hydrogens (primary N) is 1. The predicted molar refractivity (Wildman–Crippen MR) is 72.3 cm³/mol. The average Bonchev–Trinajstić information content (AvgIpc) is 2.46. The molecule has 3 atom stereocenters. The van der Waals surface area contributed by atoms with Crippen molar-refractivity contribution in [1.29, 1.82) is 0 Å². The van der Waals surface area contributed by atoms with Gasteiger partial charge >= 0.3 is 5.97 Å². The molecule has 0 fully saturated rings. The van der Waals surface area contributed by atoms with E-state index in [2.05, 4.69) is 10.6 Å². The van der Waals surface area contributed by atoms with E-state index in [1.807, 2.05) is 5.32 Å². The van der Waals surface area contributed by atoms with E-state index < -0.39 is 61.6 Å². The number of carbonyl (C=O) groups is 4. The molecule has 0 aromatic heterocycles. The first-order chi connectivity index (χ1) is 10.2. The summed E-state index contributed by atoms with van der Waals surface area (Å²) in [6.07, 6.45) is -1.28. The van der Waals surface area contributed by atoms with Crippen molar-refractivity contribution >= 4 is 23.7 Å². The van der Waals surface area contributed by atoms with Crippen molar-refractivity contribution in [3.8, 4) is 0 Å². The Kier molecular flexibility index (Phi) is 8.67. The third-order valence-corrected chi connectivity index (χ3v) is 2.45. The number of hydrogen-bond donors (Lipinski definition) is 7. The van der Waals surface area contributed by atoms with Crippen molar-refractivity contribution in [3.63, 3.8) is 0 Å². The number of carboxylic acids is 1. The summed E-state index contributed by atoms with van der Waals surface area (Å²) >= 11 is 0. The van der Waals surface area contributed by atoms with Gasteiger partial charge in [0.05, 0.1) is 19.3 Å². The Morgan fingerprint density at radius 1 is 1.09 bits per heavy atom. The van der Waals surface area contributed by atoms with Gasteiger partial charge in [0.2, 0.25) is 17.7 Å². The van der Waals surface area contributed by atoms with Crippen LogP contribution in [-0.2, 0) is 19.2 Å². The molecule has 126 valence electrons. The van der Waals surface area contributed by atoms with E-state index >= 15 is 0 Å². The topological polar surface area (TPSA) is 191 Å². The van der Waals surface area contributed by atoms with Crippen molar-refractivity contribution < 1.29 is 34.5 Å². The molecule has 0 aliphatic carbocycles. The van der Waals surface area contributed by atoms with Gasteiger partial charge in [0.1, 0.15) is 18.6 Å². The molecular formula is C11H20N4O7. The number of aliphatic hydroxyl groups is 2. The van der Waals surface area contributed by atoms with Crippen LogP contribution in [0.15, 0.2) is 0 Å². The molecule has 0 radical (unpaired) electrons. The fourth-order valence-corrected chi connectivity index (χ4v) is 1.28. The van der Waals surface area contributed by atoms with Crippen molar-refractivity contribution in [2.45, 2.75) is 25.1 Å². The number of aliphatic hydroxyl groups excluding tert-OH is 2. The molecule has 0 spiro atoms. The molecule has 11 nitrogen and oxygen atoms in total. The molecule has 8 N–H and O–H groups in total. The minimum absolute atomic E-state index is 0.526. The zero-order valence-corrected chi connectivity index (χ0v) is 11.9. The lowest BCUT2D eigenvalue weighted by atomic mass is 10.1. The van der Waals surface area contributed by atoms with Crippen molar-refractivity contribution in [2.24, 2.45) is 5.73 Å². The highest BCUT2D eigenvalue weighted by atomic mass is 16.4. The zero-order chi connectivity index (χ0) is 17.3. The number of amides is 3. The Hall–Kier alpha value is -2.24. The number of carbonyl (C=O) groups excluding carboxylic acids is 3. The normalized spacial score (nSPS) is 14.4. The van der Waals surface area contributed by atoms with Crippen LogP contribution in [0.25, 0.3) is 0 Å². The molecule has 0 heterocycles. The van der Waals surface area contributed by atoms with Crippen LogP contribution < -0.4 is 21.7 Å². The lowest BCUT2D eigenvalue weighted by molar-refractivity contribution is -0.139. The lowest BCUT2D eigenvalue weighted by Gasteiger charge is -2.20. The maximum atomic E-state index is 11.6. The third-order valence-electron chi connectivity index (χ3n) is 2.45. The Morgan fingerprint density at radius 3 is 2.09 bits per heavy atom. The van der Waals surface area contributed by atoms with Gasteiger partial charge in [-0.2, -0.15) is 0 Å². The number of hydrogen-bond acceptors (Lipinski definition) is 7. The van der Waals surface area contributed by atoms with Crippen LogP contribution >= 0.6 is 0 Å². The standard InChI is InChI=1S/C11H20N4O7/c1-5(17)9(11(22)14-3-8(19)20)15-7(18)2-13-10(21)6(12)4-16/h5-6,9,16-17H,2-4,12H2,1H3,(H,13,21)(H,14,22)(H,15,18)(H,19,20). The van der Waals surface area contributed by atoms with E-state index in [0.717, 1.165) is 0 Å². The molecule has 0 saturated heterocycles. The van der Waals surface area contributed by atoms with Gasteiger partial charge in [-0.15, -0.1) is 0 Å². The van der Waals surface area contributed by atoms with E-state index in [1.54, 1.807) is 0 Å². The zero-order valence-electron chi connectivity index (χ0n) is 11.9. The monoisotopic (exact) mass is 320 g/mol. The van der Waals surface area contributed by atoms with Gasteiger partial charge in [-0.25, -0.2) is 0 Å². The predicted octanol–water partition coefficient (Wildman–Crippen LogP) is -4.51. The SMILES string of the molecule is CC(O)C(NC(=O)CNC(=O)C(N)CO)C(=O)NCC(=O)O. The summed E-state index contributed by atoms with van der Waals surface area (Å²) in [4.78, 5) is 44.8. The fraction of sp³-hybridized carbons (Fsp3) is 0.636. The van der Waals surface area contributed by atoms with Crippen molar-refractivity contribution in [3.05, 3.63) is 0 Å². The fourth-order valence-electron chi connectivity index (χ4n) is 1.28. The van der Waals surface area contributed by atoms with E-state index in [1.165, 1.54) is 6.92 Å². The Morgan fingerprint density at radius 2 is 1.64 bits per heavy atom. The molecule has 22 heavy (non-hydrogen) atoms. The van der Waals surface area contributed by atoms with Gasteiger partial charge in [0.25, 0.3) is 0 Å². The summed E-state index contributed by atoms with van der Waals surface area (Å²) in [5.41, 5.74) is 5.21. The van der Waals surface area contributed by atoms with Crippen LogP contribution in [0.5, 0.6) is 0 Å². The van der Waals surface area contributed by atoms with Crippen LogP contribution in [0.2, 0.25) is 0 Å². The van der Waals surface area contributed by atoms with E-state index in [0.29, 0.717) is 0 Å². The van der Waals surface area contributed by atoms with E-state index in [-0.39, 0.29) is 0 Å². The van der Waals surface area contributed by atoms with Crippen molar-refractivity contribution in [2.75, 3.05) is 19.7 Å². The smallest absolute Gasteiger partial charge is 0.322 e. The largest absolute Gasteiger partial charge is 0.480 e. The summed E-state index contributed by atoms with van der Waals surface area (Å²) in [6.45, 7) is -0.561. The molecule has 3 amide bonds. The highest BCUT2D eigenvalue weighted by Gasteiger charge is 2.26. The lowest BCUT2D eigenvalue weighted by Crippen LogP contribution is -2.55. The summed E-state index contributed by atoms with van der Waals surface area (Å²) in [5.74, 6) is -3.73. The summed E-state index contributed by atoms with van der Waals surface area (Å²) < 4.78 is 0. The highest BCUT2D eigenvalue weighted by Crippen LogP contribution is 1.93. The Balaban J connectivity index is 4.44. The first kappa shape index (κ1) is 19.8. The molecule has 0 rings (SSSR count). The Labute approximate surface area is 125 Å². The van der Waals surface area contributed by atoms with Gasteiger partial charge in [-0.1, -0.05) is 0 Å². The molecule has 3 unspecified atom stereocenters. The quantitative estimate of drug-likeness (QED) is 0.221. The molecule has 0 bridgehead atoms. The van der Waals surface area contributed by atoms with Gasteiger partial charge in [-0.3, -0.25) is 19.2 Å². The average molecular weight is 320 g/mol. The van der Waals surface area contributed by atoms with E-state index in [4.69, 9.17) is 15.9 Å². The van der Waals surface area contributed by atoms with Crippen LogP contribution in [0.1, 0.15) is 6.92 Å². The third kappa shape index (κ3) is 7.52. The molecule has 0 aromatic carbocycles. The van der Waals surface area contributed by atoms with Gasteiger partial charge in [-0.05, 0) is 6.92 Å². The number of carboxylic acid groups (broad SMARTS) is 1. The summed E-state index contributed by atoms with van der Waals surface area (Å²) in [6, 6.07) is -2.56. The van der Waals surface area contributed by atoms with Gasteiger partial charge in [0, 0.05) is 0 Å². The van der Waals surface area contributed by atoms with Gasteiger partial charge < -0.3 is 37.0 Å².